The summed E-state index contributed by atoms with van der Waals surface area (Å²) in [5.41, 5.74) is 8.72. The number of nitrogens with one attached hydrogen (secondary N) is 1. The molecule has 2 atom stereocenters. The second kappa shape index (κ2) is 5.11. The topological polar surface area (TPSA) is 77.0 Å². The third-order valence-corrected chi connectivity index (χ3v) is 3.57. The predicted molar refractivity (Wildman–Crippen MR) is 71.5 cm³/mol. The summed E-state index contributed by atoms with van der Waals surface area (Å²) in [7, 11) is 0. The average Bonchev–Trinajstić information content (AvgIpc) is 2.96. The van der Waals surface area contributed by atoms with Crippen molar-refractivity contribution in [2.45, 2.75) is 31.8 Å². The number of nitrogens with zero attached hydrogens (tertiary/aromatic N) is 2. The van der Waals surface area contributed by atoms with Crippen molar-refractivity contribution in [1.29, 1.82) is 0 Å². The Hall–Kier alpha value is -1.72. The maximum absolute atomic E-state index is 6.14. The van der Waals surface area contributed by atoms with Crippen LogP contribution in [0, 0.1) is 6.92 Å². The van der Waals surface area contributed by atoms with E-state index in [1.807, 2.05) is 6.07 Å². The SMILES string of the molecule is Cc1nc(CCNC2CC(N)c3ccccc32)no1. The van der Waals surface area contributed by atoms with Crippen LogP contribution in [0.2, 0.25) is 0 Å². The van der Waals surface area contributed by atoms with Gasteiger partial charge in [0.25, 0.3) is 0 Å². The Bertz CT molecular complexity index is 566. The van der Waals surface area contributed by atoms with Crippen LogP contribution in [0.5, 0.6) is 0 Å². The molecule has 5 heteroatoms. The second-order valence-corrected chi connectivity index (χ2v) is 4.96. The number of aromatic nitrogens is 2. The van der Waals surface area contributed by atoms with Crippen LogP contribution >= 0.6 is 0 Å². The maximum atomic E-state index is 6.14. The quantitative estimate of drug-likeness (QED) is 0.872. The highest BCUT2D eigenvalue weighted by molar-refractivity contribution is 5.37. The van der Waals surface area contributed by atoms with E-state index in [2.05, 4.69) is 33.7 Å². The molecule has 2 unspecified atom stereocenters. The van der Waals surface area contributed by atoms with Gasteiger partial charge < -0.3 is 15.6 Å². The lowest BCUT2D eigenvalue weighted by molar-refractivity contribution is 0.386. The van der Waals surface area contributed by atoms with Gasteiger partial charge in [0.2, 0.25) is 5.89 Å². The molecule has 0 amide bonds. The number of nitrogens with two attached hydrogens (primary N) is 1. The van der Waals surface area contributed by atoms with Gasteiger partial charge >= 0.3 is 0 Å². The van der Waals surface area contributed by atoms with E-state index in [9.17, 15) is 0 Å². The van der Waals surface area contributed by atoms with Crippen molar-refractivity contribution in [3.8, 4) is 0 Å². The molecule has 0 saturated heterocycles. The number of fused-ring (bicyclic) bond motifs is 1. The summed E-state index contributed by atoms with van der Waals surface area (Å²) in [6, 6.07) is 8.85. The van der Waals surface area contributed by atoms with E-state index in [0.717, 1.165) is 25.2 Å². The predicted octanol–water partition coefficient (Wildman–Crippen LogP) is 1.65. The molecule has 19 heavy (non-hydrogen) atoms. The summed E-state index contributed by atoms with van der Waals surface area (Å²) in [6.45, 7) is 2.63. The van der Waals surface area contributed by atoms with Crippen LogP contribution < -0.4 is 11.1 Å². The largest absolute Gasteiger partial charge is 0.340 e. The standard InChI is InChI=1S/C14H18N4O/c1-9-17-14(18-19-9)6-7-16-13-8-12(15)10-4-2-3-5-11(10)13/h2-5,12-13,16H,6-8,15H2,1H3. The van der Waals surface area contributed by atoms with Crippen LogP contribution in [0.25, 0.3) is 0 Å². The fourth-order valence-corrected chi connectivity index (χ4v) is 2.67. The molecule has 1 aromatic carbocycles. The van der Waals surface area contributed by atoms with Gasteiger partial charge in [0.05, 0.1) is 0 Å². The Morgan fingerprint density at radius 3 is 2.89 bits per heavy atom. The Labute approximate surface area is 112 Å². The van der Waals surface area contributed by atoms with Crippen molar-refractivity contribution in [2.75, 3.05) is 6.54 Å². The molecule has 100 valence electrons. The molecule has 3 N–H and O–H groups in total. The molecule has 1 aliphatic carbocycles. The lowest BCUT2D eigenvalue weighted by Gasteiger charge is -2.12. The summed E-state index contributed by atoms with van der Waals surface area (Å²) >= 11 is 0. The van der Waals surface area contributed by atoms with E-state index < -0.39 is 0 Å². The van der Waals surface area contributed by atoms with E-state index in [-0.39, 0.29) is 6.04 Å². The van der Waals surface area contributed by atoms with Crippen LogP contribution in [-0.4, -0.2) is 16.7 Å². The number of benzene rings is 1. The van der Waals surface area contributed by atoms with Crippen molar-refractivity contribution in [2.24, 2.45) is 5.73 Å². The zero-order valence-corrected chi connectivity index (χ0v) is 11.0. The molecule has 0 fully saturated rings. The highest BCUT2D eigenvalue weighted by Gasteiger charge is 2.27. The number of aryl methyl sites for hydroxylation is 1. The fraction of sp³-hybridized carbons (Fsp3) is 0.429. The van der Waals surface area contributed by atoms with Crippen molar-refractivity contribution in [1.82, 2.24) is 15.5 Å². The summed E-state index contributed by atoms with van der Waals surface area (Å²) in [4.78, 5) is 4.19. The minimum atomic E-state index is 0.140. The van der Waals surface area contributed by atoms with Gasteiger partial charge in [-0.25, -0.2) is 0 Å². The van der Waals surface area contributed by atoms with E-state index in [1.165, 1.54) is 11.1 Å². The lowest BCUT2D eigenvalue weighted by atomic mass is 10.1. The minimum absolute atomic E-state index is 0.140. The summed E-state index contributed by atoms with van der Waals surface area (Å²) in [6.07, 6.45) is 1.72. The Morgan fingerprint density at radius 2 is 2.16 bits per heavy atom. The minimum Gasteiger partial charge on any atom is -0.340 e. The van der Waals surface area contributed by atoms with Crippen molar-refractivity contribution < 1.29 is 4.52 Å². The van der Waals surface area contributed by atoms with Gasteiger partial charge in [-0.15, -0.1) is 0 Å². The van der Waals surface area contributed by atoms with Gasteiger partial charge in [0.1, 0.15) is 0 Å². The third kappa shape index (κ3) is 2.52. The third-order valence-electron chi connectivity index (χ3n) is 3.57. The molecule has 2 aromatic rings. The summed E-state index contributed by atoms with van der Waals surface area (Å²) in [5.74, 6) is 1.36. The van der Waals surface area contributed by atoms with Crippen LogP contribution in [-0.2, 0) is 6.42 Å². The smallest absolute Gasteiger partial charge is 0.223 e. The first-order valence-corrected chi connectivity index (χ1v) is 6.61. The number of rotatable bonds is 4. The summed E-state index contributed by atoms with van der Waals surface area (Å²) in [5, 5.41) is 7.41. The van der Waals surface area contributed by atoms with E-state index >= 15 is 0 Å². The van der Waals surface area contributed by atoms with Gasteiger partial charge in [0, 0.05) is 32.0 Å². The first-order chi connectivity index (χ1) is 9.24. The lowest BCUT2D eigenvalue weighted by Crippen LogP contribution is -2.23. The first-order valence-electron chi connectivity index (χ1n) is 6.61. The molecular weight excluding hydrogens is 240 g/mol. The number of hydrogen-bond donors (Lipinski definition) is 2. The Morgan fingerprint density at radius 1 is 1.37 bits per heavy atom. The Balaban J connectivity index is 1.60. The maximum Gasteiger partial charge on any atom is 0.223 e. The molecule has 1 heterocycles. The molecule has 0 saturated carbocycles. The highest BCUT2D eigenvalue weighted by atomic mass is 16.5. The van der Waals surface area contributed by atoms with Gasteiger partial charge in [-0.3, -0.25) is 0 Å². The molecule has 0 spiro atoms. The van der Waals surface area contributed by atoms with E-state index in [0.29, 0.717) is 11.9 Å². The van der Waals surface area contributed by atoms with Crippen LogP contribution in [0.4, 0.5) is 0 Å². The zero-order chi connectivity index (χ0) is 13.2. The second-order valence-electron chi connectivity index (χ2n) is 4.96. The molecule has 1 aromatic heterocycles. The van der Waals surface area contributed by atoms with Crippen LogP contribution in [0.3, 0.4) is 0 Å². The fourth-order valence-electron chi connectivity index (χ4n) is 2.67. The normalized spacial score (nSPS) is 21.6. The highest BCUT2D eigenvalue weighted by Crippen LogP contribution is 2.36. The van der Waals surface area contributed by atoms with Crippen LogP contribution in [0.15, 0.2) is 28.8 Å². The van der Waals surface area contributed by atoms with E-state index in [4.69, 9.17) is 10.3 Å². The van der Waals surface area contributed by atoms with Crippen LogP contribution in [0.1, 0.15) is 41.3 Å². The summed E-state index contributed by atoms with van der Waals surface area (Å²) < 4.78 is 4.95. The molecule has 1 aliphatic rings. The van der Waals surface area contributed by atoms with E-state index in [1.54, 1.807) is 6.92 Å². The molecule has 0 aliphatic heterocycles. The molecule has 0 bridgehead atoms. The zero-order valence-electron chi connectivity index (χ0n) is 11.0. The Kier molecular flexibility index (Phi) is 3.31. The monoisotopic (exact) mass is 258 g/mol. The molecule has 5 nitrogen and oxygen atoms in total. The average molecular weight is 258 g/mol. The van der Waals surface area contributed by atoms with Crippen molar-refractivity contribution >= 4 is 0 Å². The van der Waals surface area contributed by atoms with Gasteiger partial charge in [0.15, 0.2) is 5.82 Å². The van der Waals surface area contributed by atoms with Gasteiger partial charge in [-0.2, -0.15) is 4.98 Å². The first kappa shape index (κ1) is 12.3. The van der Waals surface area contributed by atoms with Gasteiger partial charge in [-0.1, -0.05) is 29.4 Å². The molecular formula is C14H18N4O. The number of hydrogen-bond acceptors (Lipinski definition) is 5. The van der Waals surface area contributed by atoms with Crippen molar-refractivity contribution in [3.63, 3.8) is 0 Å². The molecule has 3 rings (SSSR count). The molecule has 0 radical (unpaired) electrons. The van der Waals surface area contributed by atoms with Gasteiger partial charge in [-0.05, 0) is 17.5 Å². The van der Waals surface area contributed by atoms with Crippen molar-refractivity contribution in [3.05, 3.63) is 47.1 Å².